The van der Waals surface area contributed by atoms with E-state index in [9.17, 15) is 18.0 Å². The monoisotopic (exact) mass is 451 g/mol. The van der Waals surface area contributed by atoms with Crippen LogP contribution in [0.2, 0.25) is 5.02 Å². The van der Waals surface area contributed by atoms with Crippen molar-refractivity contribution >= 4 is 23.2 Å². The first-order chi connectivity index (χ1) is 14.7. The zero-order chi connectivity index (χ0) is 22.6. The van der Waals surface area contributed by atoms with Crippen LogP contribution in [0.4, 0.5) is 18.9 Å². The van der Waals surface area contributed by atoms with Crippen molar-refractivity contribution < 1.29 is 22.7 Å². The van der Waals surface area contributed by atoms with Gasteiger partial charge in [-0.1, -0.05) is 23.7 Å². The lowest BCUT2D eigenvalue weighted by molar-refractivity contribution is -0.137. The molecule has 31 heavy (non-hydrogen) atoms. The second-order valence-electron chi connectivity index (χ2n) is 7.41. The average molecular weight is 452 g/mol. The Kier molecular flexibility index (Phi) is 7.08. The van der Waals surface area contributed by atoms with Gasteiger partial charge in [-0.25, -0.2) is 0 Å². The number of nitriles is 1. The molecule has 1 fully saturated rings. The number of alkyl halides is 3. The molecule has 2 aromatic carbocycles. The topological polar surface area (TPSA) is 65.4 Å². The number of nitrogens with zero attached hydrogens (tertiary/aromatic N) is 2. The number of hydrogen-bond donors (Lipinski definition) is 1. The van der Waals surface area contributed by atoms with E-state index in [1.165, 1.54) is 13.2 Å². The molecule has 1 saturated heterocycles. The van der Waals surface area contributed by atoms with Crippen LogP contribution in [-0.2, 0) is 22.3 Å². The average Bonchev–Trinajstić information content (AvgIpc) is 3.16. The van der Waals surface area contributed by atoms with Crippen molar-refractivity contribution in [2.75, 3.05) is 31.7 Å². The largest absolute Gasteiger partial charge is 0.417 e. The predicted octanol–water partition coefficient (Wildman–Crippen LogP) is 4.25. The molecule has 0 unspecified atom stereocenters. The van der Waals surface area contributed by atoms with E-state index in [4.69, 9.17) is 21.6 Å². The first-order valence-electron chi connectivity index (χ1n) is 9.60. The van der Waals surface area contributed by atoms with Gasteiger partial charge in [0.15, 0.2) is 0 Å². The summed E-state index contributed by atoms with van der Waals surface area (Å²) in [5.74, 6) is -0.818. The van der Waals surface area contributed by atoms with E-state index in [0.717, 1.165) is 17.7 Å². The van der Waals surface area contributed by atoms with Crippen LogP contribution in [0.3, 0.4) is 0 Å². The number of amides is 1. The van der Waals surface area contributed by atoms with Gasteiger partial charge in [0.2, 0.25) is 5.91 Å². The maximum Gasteiger partial charge on any atom is 0.417 e. The Hall–Kier alpha value is -2.76. The molecule has 2 atom stereocenters. The van der Waals surface area contributed by atoms with Gasteiger partial charge in [-0.15, -0.1) is 0 Å². The summed E-state index contributed by atoms with van der Waals surface area (Å²) in [5, 5.41) is 12.5. The Labute approximate surface area is 183 Å². The number of halogens is 4. The van der Waals surface area contributed by atoms with Crippen LogP contribution in [0.1, 0.15) is 16.7 Å². The molecule has 9 heteroatoms. The van der Waals surface area contributed by atoms with E-state index in [1.54, 1.807) is 23.1 Å². The van der Waals surface area contributed by atoms with Gasteiger partial charge in [-0.05, 0) is 35.9 Å². The second-order valence-corrected chi connectivity index (χ2v) is 7.85. The summed E-state index contributed by atoms with van der Waals surface area (Å²) >= 11 is 5.87. The summed E-state index contributed by atoms with van der Waals surface area (Å²) in [6, 6.07) is 12.3. The standard InChI is InChI=1S/C22H21ClF3N3O2/c1-31-13-16-11-29(18-7-4-15(9-27)20(8-18)22(24,25)26)12-19(16)21(30)28-10-14-2-5-17(23)6-3-14/h2-8,16,19H,10-13H2,1H3,(H,28,30)/t16-,19+/m1/s1. The molecule has 5 nitrogen and oxygen atoms in total. The second kappa shape index (κ2) is 9.58. The number of hydrogen-bond acceptors (Lipinski definition) is 4. The van der Waals surface area contributed by atoms with E-state index in [-0.39, 0.29) is 18.4 Å². The summed E-state index contributed by atoms with van der Waals surface area (Å²) in [5.41, 5.74) is -0.203. The quantitative estimate of drug-likeness (QED) is 0.713. The van der Waals surface area contributed by atoms with Crippen LogP contribution in [-0.4, -0.2) is 32.7 Å². The fourth-order valence-corrected chi connectivity index (χ4v) is 3.87. The molecular weight excluding hydrogens is 431 g/mol. The highest BCUT2D eigenvalue weighted by Crippen LogP contribution is 2.36. The van der Waals surface area contributed by atoms with Gasteiger partial charge in [0.25, 0.3) is 0 Å². The predicted molar refractivity (Wildman–Crippen MR) is 111 cm³/mol. The molecule has 2 aromatic rings. The maximum atomic E-state index is 13.3. The zero-order valence-electron chi connectivity index (χ0n) is 16.7. The molecule has 1 amide bonds. The molecule has 164 valence electrons. The Morgan fingerprint density at radius 1 is 1.26 bits per heavy atom. The molecule has 1 N–H and O–H groups in total. The first-order valence-corrected chi connectivity index (χ1v) is 9.98. The summed E-state index contributed by atoms with van der Waals surface area (Å²) in [6.07, 6.45) is -4.64. The van der Waals surface area contributed by atoms with E-state index in [2.05, 4.69) is 5.32 Å². The number of benzene rings is 2. The molecule has 0 aliphatic carbocycles. The van der Waals surface area contributed by atoms with Crippen molar-refractivity contribution in [3.63, 3.8) is 0 Å². The number of anilines is 1. The van der Waals surface area contributed by atoms with Gasteiger partial charge in [-0.3, -0.25) is 4.79 Å². The third kappa shape index (κ3) is 5.49. The van der Waals surface area contributed by atoms with Crippen LogP contribution < -0.4 is 10.2 Å². The Morgan fingerprint density at radius 3 is 2.58 bits per heavy atom. The zero-order valence-corrected chi connectivity index (χ0v) is 17.5. The number of nitrogens with one attached hydrogen (secondary N) is 1. The molecule has 0 aromatic heterocycles. The molecule has 1 aliphatic rings. The van der Waals surface area contributed by atoms with Crippen LogP contribution in [0.5, 0.6) is 0 Å². The molecule has 1 heterocycles. The number of carbonyl (C=O) groups excluding carboxylic acids is 1. The smallest absolute Gasteiger partial charge is 0.384 e. The molecular formula is C22H21ClF3N3O2. The molecule has 1 aliphatic heterocycles. The van der Waals surface area contributed by atoms with Gasteiger partial charge in [-0.2, -0.15) is 18.4 Å². The Bertz CT molecular complexity index is 973. The summed E-state index contributed by atoms with van der Waals surface area (Å²) < 4.78 is 45.2. The van der Waals surface area contributed by atoms with Crippen molar-refractivity contribution in [1.29, 1.82) is 5.26 Å². The van der Waals surface area contributed by atoms with Gasteiger partial charge in [0, 0.05) is 43.4 Å². The minimum atomic E-state index is -4.64. The van der Waals surface area contributed by atoms with Crippen molar-refractivity contribution in [2.45, 2.75) is 12.7 Å². The fraction of sp³-hybridized carbons (Fsp3) is 0.364. The van der Waals surface area contributed by atoms with Gasteiger partial charge >= 0.3 is 6.18 Å². The van der Waals surface area contributed by atoms with E-state index >= 15 is 0 Å². The third-order valence-electron chi connectivity index (χ3n) is 5.33. The SMILES string of the molecule is COC[C@H]1CN(c2ccc(C#N)c(C(F)(F)F)c2)C[C@@H]1C(=O)NCc1ccc(Cl)cc1. The normalized spacial score (nSPS) is 18.6. The van der Waals surface area contributed by atoms with Crippen molar-refractivity contribution in [1.82, 2.24) is 5.32 Å². The Balaban J connectivity index is 1.75. The van der Waals surface area contributed by atoms with Crippen molar-refractivity contribution in [2.24, 2.45) is 11.8 Å². The summed E-state index contributed by atoms with van der Waals surface area (Å²) in [6.45, 7) is 1.25. The lowest BCUT2D eigenvalue weighted by atomic mass is 9.96. The summed E-state index contributed by atoms with van der Waals surface area (Å²) in [4.78, 5) is 14.6. The fourth-order valence-electron chi connectivity index (χ4n) is 3.75. The number of methoxy groups -OCH3 is 1. The molecule has 0 spiro atoms. The van der Waals surface area contributed by atoms with Gasteiger partial charge < -0.3 is 15.0 Å². The number of ether oxygens (including phenoxy) is 1. The third-order valence-corrected chi connectivity index (χ3v) is 5.58. The lowest BCUT2D eigenvalue weighted by Crippen LogP contribution is -2.36. The van der Waals surface area contributed by atoms with E-state index < -0.39 is 23.2 Å². The summed E-state index contributed by atoms with van der Waals surface area (Å²) in [7, 11) is 1.52. The van der Waals surface area contributed by atoms with Gasteiger partial charge in [0.1, 0.15) is 0 Å². The van der Waals surface area contributed by atoms with Gasteiger partial charge in [0.05, 0.1) is 29.7 Å². The maximum absolute atomic E-state index is 13.3. The van der Waals surface area contributed by atoms with Crippen LogP contribution >= 0.6 is 11.6 Å². The van der Waals surface area contributed by atoms with Crippen LogP contribution in [0, 0.1) is 23.2 Å². The number of rotatable bonds is 6. The molecule has 0 saturated carbocycles. The minimum absolute atomic E-state index is 0.180. The number of carbonyl (C=O) groups is 1. The van der Waals surface area contributed by atoms with Crippen LogP contribution in [0.25, 0.3) is 0 Å². The highest BCUT2D eigenvalue weighted by atomic mass is 35.5. The molecule has 0 bridgehead atoms. The van der Waals surface area contributed by atoms with E-state index in [1.807, 2.05) is 12.1 Å². The Morgan fingerprint density at radius 2 is 1.97 bits per heavy atom. The highest BCUT2D eigenvalue weighted by Gasteiger charge is 2.39. The first kappa shape index (κ1) is 22.9. The van der Waals surface area contributed by atoms with Crippen LogP contribution in [0.15, 0.2) is 42.5 Å². The molecule has 3 rings (SSSR count). The van der Waals surface area contributed by atoms with E-state index in [0.29, 0.717) is 30.4 Å². The highest BCUT2D eigenvalue weighted by molar-refractivity contribution is 6.30. The minimum Gasteiger partial charge on any atom is -0.384 e. The van der Waals surface area contributed by atoms with Crippen molar-refractivity contribution in [3.05, 3.63) is 64.2 Å². The van der Waals surface area contributed by atoms with Crippen molar-refractivity contribution in [3.8, 4) is 6.07 Å². The lowest BCUT2D eigenvalue weighted by Gasteiger charge is -2.20. The molecule has 0 radical (unpaired) electrons.